The maximum Gasteiger partial charge on any atom is 0.273 e. The Balaban J connectivity index is 1.79. The Morgan fingerprint density at radius 2 is 1.89 bits per heavy atom. The van der Waals surface area contributed by atoms with Crippen LogP contribution in [0.1, 0.15) is 41.6 Å². The lowest BCUT2D eigenvalue weighted by Gasteiger charge is -2.17. The smallest absolute Gasteiger partial charge is 0.273 e. The van der Waals surface area contributed by atoms with Gasteiger partial charge in [0.15, 0.2) is 11.5 Å². The summed E-state index contributed by atoms with van der Waals surface area (Å²) in [7, 11) is 1.57. The third kappa shape index (κ3) is 4.36. The number of nitro groups is 1. The Hall–Kier alpha value is -3.09. The number of anilines is 1. The number of methoxy groups -OCH3 is 1. The van der Waals surface area contributed by atoms with Crippen molar-refractivity contribution in [3.63, 3.8) is 0 Å². The minimum Gasteiger partial charge on any atom is -0.493 e. The molecule has 1 saturated carbocycles. The molecule has 2 aromatic rings. The van der Waals surface area contributed by atoms with E-state index < -0.39 is 10.8 Å². The van der Waals surface area contributed by atoms with E-state index in [0.717, 1.165) is 25.7 Å². The largest absolute Gasteiger partial charge is 0.493 e. The summed E-state index contributed by atoms with van der Waals surface area (Å²) in [5, 5.41) is 13.8. The Morgan fingerprint density at radius 1 is 1.15 bits per heavy atom. The van der Waals surface area contributed by atoms with Gasteiger partial charge in [0.1, 0.15) is 0 Å². The summed E-state index contributed by atoms with van der Waals surface area (Å²) in [5.41, 5.74) is 1.19. The van der Waals surface area contributed by atoms with Crippen LogP contribution in [0.15, 0.2) is 36.4 Å². The van der Waals surface area contributed by atoms with Crippen molar-refractivity contribution in [1.29, 1.82) is 0 Å². The van der Waals surface area contributed by atoms with E-state index >= 15 is 0 Å². The van der Waals surface area contributed by atoms with Gasteiger partial charge in [0.2, 0.25) is 0 Å². The Labute approximate surface area is 157 Å². The number of nitro benzene ring substituents is 1. The molecule has 1 fully saturated rings. The molecule has 7 heteroatoms. The topological polar surface area (TPSA) is 90.7 Å². The molecule has 0 aromatic heterocycles. The maximum atomic E-state index is 12.5. The molecular formula is C20H22N2O5. The van der Waals surface area contributed by atoms with Crippen LogP contribution in [0.4, 0.5) is 11.4 Å². The van der Waals surface area contributed by atoms with Gasteiger partial charge in [-0.25, -0.2) is 0 Å². The fraction of sp³-hybridized carbons (Fsp3) is 0.350. The lowest BCUT2D eigenvalue weighted by atomic mass is 10.1. The van der Waals surface area contributed by atoms with Crippen LogP contribution in [-0.2, 0) is 0 Å². The van der Waals surface area contributed by atoms with E-state index in [1.165, 1.54) is 6.07 Å². The van der Waals surface area contributed by atoms with Gasteiger partial charge in [0.25, 0.3) is 11.6 Å². The molecule has 0 saturated heterocycles. The number of nitrogens with one attached hydrogen (secondary N) is 1. The highest BCUT2D eigenvalue weighted by atomic mass is 16.6. The monoisotopic (exact) mass is 370 g/mol. The number of aryl methyl sites for hydroxylation is 1. The molecule has 0 unspecified atom stereocenters. The second-order valence-electron chi connectivity index (χ2n) is 6.60. The number of rotatable bonds is 6. The van der Waals surface area contributed by atoms with Crippen molar-refractivity contribution in [2.75, 3.05) is 12.4 Å². The minimum atomic E-state index is -0.493. The van der Waals surface area contributed by atoms with Gasteiger partial charge >= 0.3 is 0 Å². The first-order valence-corrected chi connectivity index (χ1v) is 8.89. The number of hydrogen-bond donors (Lipinski definition) is 1. The van der Waals surface area contributed by atoms with Gasteiger partial charge < -0.3 is 14.8 Å². The van der Waals surface area contributed by atoms with Gasteiger partial charge in [-0.05, 0) is 50.8 Å². The van der Waals surface area contributed by atoms with Crippen LogP contribution in [-0.4, -0.2) is 24.0 Å². The van der Waals surface area contributed by atoms with Gasteiger partial charge in [-0.3, -0.25) is 14.9 Å². The molecule has 3 rings (SSSR count). The molecule has 0 spiro atoms. The maximum absolute atomic E-state index is 12.5. The van der Waals surface area contributed by atoms with Crippen molar-refractivity contribution in [3.05, 3.63) is 57.6 Å². The molecule has 1 amide bonds. The zero-order valence-corrected chi connectivity index (χ0v) is 15.4. The highest BCUT2D eigenvalue weighted by molar-refractivity contribution is 6.04. The first-order valence-electron chi connectivity index (χ1n) is 8.89. The third-order valence-electron chi connectivity index (χ3n) is 4.69. The van der Waals surface area contributed by atoms with Crippen LogP contribution >= 0.6 is 0 Å². The van der Waals surface area contributed by atoms with Crippen LogP contribution in [0.25, 0.3) is 0 Å². The van der Waals surface area contributed by atoms with E-state index in [1.807, 2.05) is 0 Å². The molecule has 27 heavy (non-hydrogen) atoms. The van der Waals surface area contributed by atoms with Crippen LogP contribution in [0.2, 0.25) is 0 Å². The van der Waals surface area contributed by atoms with Gasteiger partial charge in [-0.15, -0.1) is 0 Å². The van der Waals surface area contributed by atoms with E-state index in [2.05, 4.69) is 5.32 Å². The van der Waals surface area contributed by atoms with E-state index in [-0.39, 0.29) is 17.4 Å². The van der Waals surface area contributed by atoms with E-state index in [4.69, 9.17) is 9.47 Å². The minimum absolute atomic E-state index is 0.0809. The molecule has 0 bridgehead atoms. The van der Waals surface area contributed by atoms with Crippen molar-refractivity contribution in [3.8, 4) is 11.5 Å². The zero-order chi connectivity index (χ0) is 19.4. The average molecular weight is 370 g/mol. The predicted molar refractivity (Wildman–Crippen MR) is 102 cm³/mol. The summed E-state index contributed by atoms with van der Waals surface area (Å²) in [6.45, 7) is 1.63. The Morgan fingerprint density at radius 3 is 2.56 bits per heavy atom. The van der Waals surface area contributed by atoms with Crippen molar-refractivity contribution in [2.45, 2.75) is 38.7 Å². The lowest BCUT2D eigenvalue weighted by molar-refractivity contribution is -0.385. The second kappa shape index (κ2) is 8.07. The average Bonchev–Trinajstić information content (AvgIpc) is 3.15. The number of carbonyl (C=O) groups is 1. The summed E-state index contributed by atoms with van der Waals surface area (Å²) in [6, 6.07) is 9.58. The second-order valence-corrected chi connectivity index (χ2v) is 6.60. The molecule has 0 heterocycles. The first-order chi connectivity index (χ1) is 13.0. The summed E-state index contributed by atoms with van der Waals surface area (Å²) in [6.07, 6.45) is 4.47. The van der Waals surface area contributed by atoms with E-state index in [9.17, 15) is 14.9 Å². The van der Waals surface area contributed by atoms with Gasteiger partial charge in [0.05, 0.1) is 18.1 Å². The quantitative estimate of drug-likeness (QED) is 0.598. The number of carbonyl (C=O) groups excluding carboxylic acids is 1. The standard InChI is InChI=1S/C20H22N2O5/c1-13-7-8-14(11-17(13)22(24)25)20(23)21-15-9-10-18(26-2)19(12-15)27-16-5-3-4-6-16/h7-12,16H,3-6H2,1-2H3,(H,21,23). The molecule has 2 aromatic carbocycles. The van der Waals surface area contributed by atoms with Crippen molar-refractivity contribution in [1.82, 2.24) is 0 Å². The Bertz CT molecular complexity index is 859. The molecule has 0 radical (unpaired) electrons. The van der Waals surface area contributed by atoms with Crippen LogP contribution < -0.4 is 14.8 Å². The highest BCUT2D eigenvalue weighted by Gasteiger charge is 2.19. The normalized spacial score (nSPS) is 14.0. The van der Waals surface area contributed by atoms with Crippen LogP contribution in [0, 0.1) is 17.0 Å². The molecule has 0 atom stereocenters. The molecule has 142 valence electrons. The molecule has 0 aliphatic heterocycles. The Kier molecular flexibility index (Phi) is 5.59. The van der Waals surface area contributed by atoms with Gasteiger partial charge in [-0.1, -0.05) is 6.07 Å². The van der Waals surface area contributed by atoms with Gasteiger partial charge in [0, 0.05) is 28.9 Å². The number of nitrogens with zero attached hydrogens (tertiary/aromatic N) is 1. The highest BCUT2D eigenvalue weighted by Crippen LogP contribution is 2.34. The van der Waals surface area contributed by atoms with E-state index in [1.54, 1.807) is 44.4 Å². The molecular weight excluding hydrogens is 348 g/mol. The molecule has 7 nitrogen and oxygen atoms in total. The van der Waals surface area contributed by atoms with Crippen molar-refractivity contribution < 1.29 is 19.2 Å². The van der Waals surface area contributed by atoms with Crippen molar-refractivity contribution >= 4 is 17.3 Å². The molecule has 1 N–H and O–H groups in total. The van der Waals surface area contributed by atoms with E-state index in [0.29, 0.717) is 22.7 Å². The SMILES string of the molecule is COc1ccc(NC(=O)c2ccc(C)c([N+](=O)[O-])c2)cc1OC1CCCC1. The third-order valence-corrected chi connectivity index (χ3v) is 4.69. The fourth-order valence-corrected chi connectivity index (χ4v) is 3.18. The summed E-state index contributed by atoms with van der Waals surface area (Å²) < 4.78 is 11.4. The molecule has 1 aliphatic carbocycles. The molecule has 1 aliphatic rings. The summed E-state index contributed by atoms with van der Waals surface area (Å²) in [5.74, 6) is 0.762. The number of amides is 1. The van der Waals surface area contributed by atoms with Crippen molar-refractivity contribution in [2.24, 2.45) is 0 Å². The lowest BCUT2D eigenvalue weighted by Crippen LogP contribution is -2.14. The summed E-state index contributed by atoms with van der Waals surface area (Å²) in [4.78, 5) is 23.1. The van der Waals surface area contributed by atoms with Crippen LogP contribution in [0.5, 0.6) is 11.5 Å². The number of benzene rings is 2. The summed E-state index contributed by atoms with van der Waals surface area (Å²) >= 11 is 0. The number of ether oxygens (including phenoxy) is 2. The first kappa shape index (κ1) is 18.7. The van der Waals surface area contributed by atoms with Gasteiger partial charge in [-0.2, -0.15) is 0 Å². The fourth-order valence-electron chi connectivity index (χ4n) is 3.18. The number of hydrogen-bond acceptors (Lipinski definition) is 5. The van der Waals surface area contributed by atoms with Crippen LogP contribution in [0.3, 0.4) is 0 Å². The zero-order valence-electron chi connectivity index (χ0n) is 15.4. The predicted octanol–water partition coefficient (Wildman–Crippen LogP) is 4.49.